The lowest BCUT2D eigenvalue weighted by molar-refractivity contribution is -0.141. The number of imide groups is 1. The number of carbonyl (C=O) groups excluding carboxylic acids is 3. The first-order chi connectivity index (χ1) is 15.0. The number of fused-ring (bicyclic) bond motifs is 1. The fourth-order valence-corrected chi connectivity index (χ4v) is 3.33. The van der Waals surface area contributed by atoms with Crippen molar-refractivity contribution in [2.45, 2.75) is 26.5 Å². The number of carbonyl (C=O) groups is 3. The van der Waals surface area contributed by atoms with Gasteiger partial charge in [0.1, 0.15) is 5.75 Å². The van der Waals surface area contributed by atoms with Crippen LogP contribution < -0.4 is 4.74 Å². The lowest BCUT2D eigenvalue weighted by Crippen LogP contribution is -2.36. The van der Waals surface area contributed by atoms with Gasteiger partial charge in [-0.05, 0) is 42.3 Å². The molecule has 2 aromatic rings. The summed E-state index contributed by atoms with van der Waals surface area (Å²) in [5.41, 5.74) is 2.39. The van der Waals surface area contributed by atoms with Crippen molar-refractivity contribution < 1.29 is 29.0 Å². The second-order valence-electron chi connectivity index (χ2n) is 6.90. The molecule has 31 heavy (non-hydrogen) atoms. The van der Waals surface area contributed by atoms with Crippen LogP contribution in [-0.2, 0) is 22.7 Å². The largest absolute Gasteiger partial charge is 0.497 e. The maximum Gasteiger partial charge on any atom is 0.311 e. The van der Waals surface area contributed by atoms with E-state index in [1.165, 1.54) is 7.11 Å². The number of aliphatic imine (C=N–C) groups is 1. The molecule has 0 unspecified atom stereocenters. The summed E-state index contributed by atoms with van der Waals surface area (Å²) in [6, 6.07) is 11.8. The molecule has 8 heteroatoms. The van der Waals surface area contributed by atoms with E-state index in [1.54, 1.807) is 49.4 Å². The summed E-state index contributed by atoms with van der Waals surface area (Å²) in [6.45, 7) is 1.76. The van der Waals surface area contributed by atoms with Gasteiger partial charge in [-0.25, -0.2) is 0 Å². The van der Waals surface area contributed by atoms with E-state index in [1.807, 2.05) is 0 Å². The molecule has 0 fully saturated rings. The number of aliphatic hydroxyl groups excluding tert-OH is 1. The Bertz CT molecular complexity index is 995. The quantitative estimate of drug-likeness (QED) is 0.376. The number of hydrogen-bond acceptors (Lipinski definition) is 7. The van der Waals surface area contributed by atoms with Crippen molar-refractivity contribution in [3.8, 4) is 5.75 Å². The van der Waals surface area contributed by atoms with Crippen LogP contribution in [0.4, 0.5) is 0 Å². The maximum absolute atomic E-state index is 12.7. The molecule has 0 aromatic heterocycles. The Balaban J connectivity index is 1.85. The van der Waals surface area contributed by atoms with Crippen LogP contribution in [0.2, 0.25) is 0 Å². The van der Waals surface area contributed by atoms with Crippen LogP contribution in [0, 0.1) is 0 Å². The lowest BCUT2D eigenvalue weighted by Gasteiger charge is -2.16. The van der Waals surface area contributed by atoms with Crippen molar-refractivity contribution in [3.05, 3.63) is 64.7 Å². The standard InChI is InChI=1S/C23H24N2O6/c1-3-31-21(27)11-17(24-12-15-8-9-18(30-2)10-16(15)14-26)13-25-22(28)19-6-4-5-7-20(19)23(25)29/h4-10,26H,3,11-14H2,1-2H3/b24-17+. The summed E-state index contributed by atoms with van der Waals surface area (Å²) in [6.07, 6.45) is -0.147. The van der Waals surface area contributed by atoms with E-state index in [2.05, 4.69) is 4.99 Å². The van der Waals surface area contributed by atoms with E-state index in [0.717, 1.165) is 10.5 Å². The van der Waals surface area contributed by atoms with Crippen LogP contribution in [0.1, 0.15) is 45.2 Å². The Morgan fingerprint density at radius 1 is 1.06 bits per heavy atom. The predicted octanol–water partition coefficient (Wildman–Crippen LogP) is 2.38. The maximum atomic E-state index is 12.7. The molecule has 0 radical (unpaired) electrons. The molecule has 0 aliphatic carbocycles. The number of benzene rings is 2. The van der Waals surface area contributed by atoms with Gasteiger partial charge in [-0.1, -0.05) is 18.2 Å². The molecule has 0 saturated heterocycles. The minimum atomic E-state index is -0.491. The van der Waals surface area contributed by atoms with E-state index in [0.29, 0.717) is 28.2 Å². The van der Waals surface area contributed by atoms with E-state index >= 15 is 0 Å². The zero-order chi connectivity index (χ0) is 22.4. The fourth-order valence-electron chi connectivity index (χ4n) is 3.33. The minimum absolute atomic E-state index is 0.115. The van der Waals surface area contributed by atoms with Gasteiger partial charge in [0.15, 0.2) is 0 Å². The zero-order valence-electron chi connectivity index (χ0n) is 17.5. The molecule has 0 saturated carbocycles. The highest BCUT2D eigenvalue weighted by atomic mass is 16.5. The van der Waals surface area contributed by atoms with Crippen LogP contribution in [0.25, 0.3) is 0 Å². The summed E-state index contributed by atoms with van der Waals surface area (Å²) in [5, 5.41) is 9.64. The van der Waals surface area contributed by atoms with Crippen molar-refractivity contribution in [1.82, 2.24) is 4.90 Å². The van der Waals surface area contributed by atoms with Gasteiger partial charge in [0.05, 0.1) is 51.0 Å². The molecular weight excluding hydrogens is 400 g/mol. The first kappa shape index (κ1) is 22.2. The molecule has 3 rings (SSSR count). The molecule has 0 spiro atoms. The van der Waals surface area contributed by atoms with Crippen molar-refractivity contribution in [2.24, 2.45) is 4.99 Å². The van der Waals surface area contributed by atoms with E-state index in [9.17, 15) is 19.5 Å². The van der Waals surface area contributed by atoms with Gasteiger partial charge in [-0.2, -0.15) is 0 Å². The number of esters is 1. The molecule has 1 N–H and O–H groups in total. The average Bonchev–Trinajstić information content (AvgIpc) is 3.02. The number of aliphatic hydroxyl groups is 1. The molecule has 0 bridgehead atoms. The summed E-state index contributed by atoms with van der Waals surface area (Å²) in [7, 11) is 1.54. The van der Waals surface area contributed by atoms with Crippen LogP contribution >= 0.6 is 0 Å². The molecule has 1 heterocycles. The van der Waals surface area contributed by atoms with E-state index in [-0.39, 0.29) is 32.7 Å². The third kappa shape index (κ3) is 4.97. The van der Waals surface area contributed by atoms with Crippen LogP contribution in [0.5, 0.6) is 5.75 Å². The monoisotopic (exact) mass is 424 g/mol. The molecule has 1 aliphatic rings. The highest BCUT2D eigenvalue weighted by Gasteiger charge is 2.35. The van der Waals surface area contributed by atoms with Crippen molar-refractivity contribution in [2.75, 3.05) is 20.3 Å². The Morgan fingerprint density at radius 2 is 1.74 bits per heavy atom. The molecule has 8 nitrogen and oxygen atoms in total. The fraction of sp³-hybridized carbons (Fsp3) is 0.304. The number of rotatable bonds is 9. The van der Waals surface area contributed by atoms with Crippen molar-refractivity contribution >= 4 is 23.5 Å². The smallest absolute Gasteiger partial charge is 0.311 e. The summed E-state index contributed by atoms with van der Waals surface area (Å²) in [4.78, 5) is 43.0. The van der Waals surface area contributed by atoms with Gasteiger partial charge < -0.3 is 14.6 Å². The third-order valence-corrected chi connectivity index (χ3v) is 4.93. The van der Waals surface area contributed by atoms with Gasteiger partial charge in [0.2, 0.25) is 0 Å². The molecule has 2 amide bonds. The average molecular weight is 424 g/mol. The third-order valence-electron chi connectivity index (χ3n) is 4.93. The van der Waals surface area contributed by atoms with Crippen molar-refractivity contribution in [1.29, 1.82) is 0 Å². The van der Waals surface area contributed by atoms with Gasteiger partial charge in [-0.15, -0.1) is 0 Å². The number of amides is 2. The summed E-state index contributed by atoms with van der Waals surface area (Å²) in [5.74, 6) is -0.722. The topological polar surface area (TPSA) is 106 Å². The van der Waals surface area contributed by atoms with Gasteiger partial charge in [0, 0.05) is 5.71 Å². The van der Waals surface area contributed by atoms with Crippen molar-refractivity contribution in [3.63, 3.8) is 0 Å². The first-order valence-electron chi connectivity index (χ1n) is 9.88. The molecule has 0 atom stereocenters. The highest BCUT2D eigenvalue weighted by molar-refractivity contribution is 6.23. The van der Waals surface area contributed by atoms with E-state index < -0.39 is 17.8 Å². The zero-order valence-corrected chi connectivity index (χ0v) is 17.5. The highest BCUT2D eigenvalue weighted by Crippen LogP contribution is 2.23. The molecule has 2 aromatic carbocycles. The number of nitrogens with zero attached hydrogens (tertiary/aromatic N) is 2. The molecular formula is C23H24N2O6. The minimum Gasteiger partial charge on any atom is -0.497 e. The van der Waals surface area contributed by atoms with Gasteiger partial charge in [0.25, 0.3) is 11.8 Å². The lowest BCUT2D eigenvalue weighted by atomic mass is 10.1. The Kier molecular flexibility index (Phi) is 7.15. The first-order valence-corrected chi connectivity index (χ1v) is 9.88. The number of hydrogen-bond donors (Lipinski definition) is 1. The summed E-state index contributed by atoms with van der Waals surface area (Å²) >= 11 is 0. The SMILES string of the molecule is CCOC(=O)C/C(CN1C(=O)c2ccccc2C1=O)=N\Cc1ccc(OC)cc1CO. The van der Waals surface area contributed by atoms with Gasteiger partial charge >= 0.3 is 5.97 Å². The van der Waals surface area contributed by atoms with Gasteiger partial charge in [-0.3, -0.25) is 24.3 Å². The summed E-state index contributed by atoms with van der Waals surface area (Å²) < 4.78 is 10.2. The Labute approximate surface area is 180 Å². The van der Waals surface area contributed by atoms with Crippen LogP contribution in [-0.4, -0.2) is 53.8 Å². The second-order valence-corrected chi connectivity index (χ2v) is 6.90. The number of ether oxygens (including phenoxy) is 2. The molecule has 162 valence electrons. The Morgan fingerprint density at radius 3 is 2.32 bits per heavy atom. The molecule has 1 aliphatic heterocycles. The second kappa shape index (κ2) is 9.99. The Hall–Kier alpha value is -3.52. The van der Waals surface area contributed by atoms with Crippen LogP contribution in [0.3, 0.4) is 0 Å². The number of methoxy groups -OCH3 is 1. The van der Waals surface area contributed by atoms with Crippen LogP contribution in [0.15, 0.2) is 47.5 Å². The predicted molar refractivity (Wildman–Crippen MR) is 113 cm³/mol. The normalized spacial score (nSPS) is 13.4. The van der Waals surface area contributed by atoms with E-state index in [4.69, 9.17) is 9.47 Å².